The summed E-state index contributed by atoms with van der Waals surface area (Å²) in [6, 6.07) is 2.82. The van der Waals surface area contributed by atoms with Crippen molar-refractivity contribution in [3.63, 3.8) is 0 Å². The highest BCUT2D eigenvalue weighted by Crippen LogP contribution is 2.41. The number of hydrogen-bond donors (Lipinski definition) is 1. The predicted molar refractivity (Wildman–Crippen MR) is 51.6 cm³/mol. The standard InChI is InChI=1S/C10H9F2NO4/c1-15-9(14)8(13)5-2-3-6-7(4-5)17-10(11,12)16-6/h2-4,8H,13H2,1H3/t8-/m1/s1. The van der Waals surface area contributed by atoms with Gasteiger partial charge in [-0.15, -0.1) is 8.78 Å². The van der Waals surface area contributed by atoms with Crippen molar-refractivity contribution in [2.24, 2.45) is 5.73 Å². The van der Waals surface area contributed by atoms with Crippen molar-refractivity contribution in [2.75, 3.05) is 7.11 Å². The molecule has 1 aliphatic rings. The Balaban J connectivity index is 2.28. The highest BCUT2D eigenvalue weighted by Gasteiger charge is 2.43. The molecule has 0 amide bonds. The molecule has 1 atom stereocenters. The Hall–Kier alpha value is -1.89. The first-order chi connectivity index (χ1) is 7.93. The highest BCUT2D eigenvalue weighted by molar-refractivity contribution is 5.77. The number of hydrogen-bond acceptors (Lipinski definition) is 5. The third-order valence-corrected chi connectivity index (χ3v) is 2.24. The molecule has 2 rings (SSSR count). The van der Waals surface area contributed by atoms with Gasteiger partial charge < -0.3 is 19.9 Å². The number of rotatable bonds is 2. The van der Waals surface area contributed by atoms with Crippen LogP contribution in [0.1, 0.15) is 11.6 Å². The maximum atomic E-state index is 12.7. The molecule has 1 aromatic rings. The minimum Gasteiger partial charge on any atom is -0.468 e. The van der Waals surface area contributed by atoms with Crippen LogP contribution in [0, 0.1) is 0 Å². The molecule has 1 aromatic carbocycles. The number of carbonyl (C=O) groups excluding carboxylic acids is 1. The fourth-order valence-electron chi connectivity index (χ4n) is 1.42. The number of halogens is 2. The van der Waals surface area contributed by atoms with Gasteiger partial charge >= 0.3 is 12.3 Å². The molecule has 0 bridgehead atoms. The summed E-state index contributed by atoms with van der Waals surface area (Å²) in [5.41, 5.74) is 5.85. The van der Waals surface area contributed by atoms with Crippen molar-refractivity contribution >= 4 is 5.97 Å². The number of benzene rings is 1. The Morgan fingerprint density at radius 2 is 2.06 bits per heavy atom. The first-order valence-corrected chi connectivity index (χ1v) is 4.66. The lowest BCUT2D eigenvalue weighted by Gasteiger charge is -2.09. The SMILES string of the molecule is COC(=O)[C@H](N)c1ccc2c(c1)OC(F)(F)O2. The van der Waals surface area contributed by atoms with E-state index in [-0.39, 0.29) is 11.5 Å². The van der Waals surface area contributed by atoms with Gasteiger partial charge in [-0.2, -0.15) is 0 Å². The molecule has 0 saturated heterocycles. The minimum absolute atomic E-state index is 0.101. The summed E-state index contributed by atoms with van der Waals surface area (Å²) in [4.78, 5) is 11.2. The average Bonchev–Trinajstić information content (AvgIpc) is 2.59. The second-order valence-electron chi connectivity index (χ2n) is 3.37. The van der Waals surface area contributed by atoms with Crippen LogP contribution in [0.3, 0.4) is 0 Å². The smallest absolute Gasteiger partial charge is 0.468 e. The maximum absolute atomic E-state index is 12.7. The number of esters is 1. The zero-order valence-corrected chi connectivity index (χ0v) is 8.78. The van der Waals surface area contributed by atoms with Gasteiger partial charge in [-0.05, 0) is 17.7 Å². The lowest BCUT2D eigenvalue weighted by molar-refractivity contribution is -0.286. The van der Waals surface area contributed by atoms with Gasteiger partial charge in [0.05, 0.1) is 7.11 Å². The number of fused-ring (bicyclic) bond motifs is 1. The monoisotopic (exact) mass is 245 g/mol. The van der Waals surface area contributed by atoms with E-state index in [1.807, 2.05) is 0 Å². The van der Waals surface area contributed by atoms with Crippen molar-refractivity contribution in [2.45, 2.75) is 12.3 Å². The molecule has 1 heterocycles. The fourth-order valence-corrected chi connectivity index (χ4v) is 1.42. The average molecular weight is 245 g/mol. The third-order valence-electron chi connectivity index (χ3n) is 2.24. The molecule has 0 aliphatic carbocycles. The van der Waals surface area contributed by atoms with E-state index in [0.29, 0.717) is 5.56 Å². The zero-order chi connectivity index (χ0) is 12.6. The predicted octanol–water partition coefficient (Wildman–Crippen LogP) is 1.18. The molecule has 0 spiro atoms. The van der Waals surface area contributed by atoms with Crippen LogP contribution in [0.2, 0.25) is 0 Å². The Kier molecular flexibility index (Phi) is 2.62. The van der Waals surface area contributed by atoms with E-state index in [1.54, 1.807) is 0 Å². The zero-order valence-electron chi connectivity index (χ0n) is 8.78. The summed E-state index contributed by atoms with van der Waals surface area (Å²) in [6.07, 6.45) is -3.68. The number of ether oxygens (including phenoxy) is 3. The molecule has 17 heavy (non-hydrogen) atoms. The normalized spacial score (nSPS) is 17.6. The van der Waals surface area contributed by atoms with E-state index >= 15 is 0 Å². The van der Waals surface area contributed by atoms with Gasteiger partial charge in [0.15, 0.2) is 11.5 Å². The third kappa shape index (κ3) is 2.14. The summed E-state index contributed by atoms with van der Waals surface area (Å²) < 4.78 is 38.3. The number of methoxy groups -OCH3 is 1. The van der Waals surface area contributed by atoms with Crippen molar-refractivity contribution in [1.29, 1.82) is 0 Å². The van der Waals surface area contributed by atoms with Gasteiger partial charge in [-0.1, -0.05) is 6.07 Å². The molecule has 0 fully saturated rings. The van der Waals surface area contributed by atoms with Crippen molar-refractivity contribution in [3.8, 4) is 11.5 Å². The Labute approximate surface area is 95.1 Å². The quantitative estimate of drug-likeness (QED) is 0.792. The molecule has 92 valence electrons. The first kappa shape index (κ1) is 11.6. The second kappa shape index (κ2) is 3.85. The lowest BCUT2D eigenvalue weighted by Crippen LogP contribution is -2.26. The van der Waals surface area contributed by atoms with E-state index < -0.39 is 18.3 Å². The van der Waals surface area contributed by atoms with Crippen LogP contribution >= 0.6 is 0 Å². The first-order valence-electron chi connectivity index (χ1n) is 4.66. The van der Waals surface area contributed by atoms with Gasteiger partial charge in [0.25, 0.3) is 0 Å². The molecular formula is C10H9F2NO4. The highest BCUT2D eigenvalue weighted by atomic mass is 19.3. The largest absolute Gasteiger partial charge is 0.586 e. The van der Waals surface area contributed by atoms with Gasteiger partial charge in [0.2, 0.25) is 0 Å². The van der Waals surface area contributed by atoms with Gasteiger partial charge in [0.1, 0.15) is 6.04 Å². The fraction of sp³-hybridized carbons (Fsp3) is 0.300. The Morgan fingerprint density at radius 3 is 2.71 bits per heavy atom. The molecule has 0 unspecified atom stereocenters. The maximum Gasteiger partial charge on any atom is 0.586 e. The van der Waals surface area contributed by atoms with Crippen LogP contribution < -0.4 is 15.2 Å². The minimum atomic E-state index is -3.68. The summed E-state index contributed by atoms with van der Waals surface area (Å²) in [5.74, 6) is -0.932. The molecule has 0 radical (unpaired) electrons. The van der Waals surface area contributed by atoms with E-state index in [9.17, 15) is 13.6 Å². The summed E-state index contributed by atoms with van der Waals surface area (Å²) in [5, 5.41) is 0. The number of carbonyl (C=O) groups is 1. The van der Waals surface area contributed by atoms with Crippen LogP contribution in [0.25, 0.3) is 0 Å². The van der Waals surface area contributed by atoms with E-state index in [2.05, 4.69) is 14.2 Å². The van der Waals surface area contributed by atoms with Gasteiger partial charge in [0, 0.05) is 0 Å². The summed E-state index contributed by atoms with van der Waals surface area (Å²) in [7, 11) is 1.18. The Morgan fingerprint density at radius 1 is 1.41 bits per heavy atom. The molecule has 0 saturated carbocycles. The van der Waals surface area contributed by atoms with Gasteiger partial charge in [-0.25, -0.2) is 0 Å². The molecular weight excluding hydrogens is 236 g/mol. The number of alkyl halides is 2. The molecule has 2 N–H and O–H groups in total. The molecule has 7 heteroatoms. The van der Waals surface area contributed by atoms with Crippen LogP contribution in [0.5, 0.6) is 11.5 Å². The van der Waals surface area contributed by atoms with Crippen molar-refractivity contribution in [1.82, 2.24) is 0 Å². The van der Waals surface area contributed by atoms with Crippen LogP contribution in [0.15, 0.2) is 18.2 Å². The molecule has 5 nitrogen and oxygen atoms in total. The summed E-state index contributed by atoms with van der Waals surface area (Å²) in [6.45, 7) is 0. The second-order valence-corrected chi connectivity index (χ2v) is 3.37. The topological polar surface area (TPSA) is 70.8 Å². The number of nitrogens with two attached hydrogens (primary N) is 1. The van der Waals surface area contributed by atoms with Crippen LogP contribution in [-0.2, 0) is 9.53 Å². The van der Waals surface area contributed by atoms with Crippen LogP contribution in [-0.4, -0.2) is 19.4 Å². The van der Waals surface area contributed by atoms with E-state index in [1.165, 1.54) is 25.3 Å². The van der Waals surface area contributed by atoms with Crippen molar-refractivity contribution < 1.29 is 27.8 Å². The van der Waals surface area contributed by atoms with Crippen molar-refractivity contribution in [3.05, 3.63) is 23.8 Å². The van der Waals surface area contributed by atoms with E-state index in [0.717, 1.165) is 0 Å². The Bertz CT molecular complexity index is 464. The molecule has 1 aliphatic heterocycles. The van der Waals surface area contributed by atoms with E-state index in [4.69, 9.17) is 5.73 Å². The molecule has 0 aromatic heterocycles. The summed E-state index contributed by atoms with van der Waals surface area (Å²) >= 11 is 0. The lowest BCUT2D eigenvalue weighted by atomic mass is 10.1. The van der Waals surface area contributed by atoms with Gasteiger partial charge in [-0.3, -0.25) is 4.79 Å². The van der Waals surface area contributed by atoms with Crippen LogP contribution in [0.4, 0.5) is 8.78 Å².